The van der Waals surface area contributed by atoms with Crippen LogP contribution in [0, 0.1) is 0 Å². The van der Waals surface area contributed by atoms with Crippen LogP contribution in [0.5, 0.6) is 0 Å². The van der Waals surface area contributed by atoms with Crippen molar-refractivity contribution in [2.75, 3.05) is 44.7 Å². The molecule has 24 heavy (non-hydrogen) atoms. The normalized spacial score (nSPS) is 15.9. The minimum Gasteiger partial charge on any atom is -0.379 e. The molecule has 126 valence electrons. The summed E-state index contributed by atoms with van der Waals surface area (Å²) in [5.74, 6) is 0.806. The number of nitrogens with one attached hydrogen (secondary N) is 1. The molecule has 3 aromatic rings. The standard InChI is InChI=1S/C16H21N7O/c1-21-12-13(10-20-21)14-11-19-16-15(18-3-5-23(14)16)17-2-4-22-6-8-24-9-7-22/h3,5,10-12H,2,4,6-9H2,1H3,(H,17,18). The minimum absolute atomic E-state index is 0.806. The lowest BCUT2D eigenvalue weighted by Gasteiger charge is -2.26. The first-order chi connectivity index (χ1) is 11.8. The van der Waals surface area contributed by atoms with Crippen LogP contribution in [0.3, 0.4) is 0 Å². The van der Waals surface area contributed by atoms with Gasteiger partial charge in [0, 0.05) is 57.4 Å². The zero-order chi connectivity index (χ0) is 16.4. The highest BCUT2D eigenvalue weighted by Gasteiger charge is 2.13. The van der Waals surface area contributed by atoms with Crippen LogP contribution in [0.1, 0.15) is 0 Å². The van der Waals surface area contributed by atoms with Crippen molar-refractivity contribution in [1.82, 2.24) is 29.0 Å². The Morgan fingerprint density at radius 1 is 1.21 bits per heavy atom. The molecule has 0 amide bonds. The molecule has 3 aromatic heterocycles. The van der Waals surface area contributed by atoms with E-state index in [-0.39, 0.29) is 0 Å². The van der Waals surface area contributed by atoms with Gasteiger partial charge in [-0.25, -0.2) is 9.97 Å². The van der Waals surface area contributed by atoms with Gasteiger partial charge in [0.05, 0.1) is 31.3 Å². The zero-order valence-corrected chi connectivity index (χ0v) is 13.7. The van der Waals surface area contributed by atoms with Crippen molar-refractivity contribution in [1.29, 1.82) is 0 Å². The molecule has 0 bridgehead atoms. The van der Waals surface area contributed by atoms with Crippen LogP contribution in [0.15, 0.2) is 31.0 Å². The van der Waals surface area contributed by atoms with E-state index in [2.05, 4.69) is 25.3 Å². The largest absolute Gasteiger partial charge is 0.379 e. The van der Waals surface area contributed by atoms with Gasteiger partial charge in [-0.2, -0.15) is 5.10 Å². The summed E-state index contributed by atoms with van der Waals surface area (Å²) < 4.78 is 9.21. The summed E-state index contributed by atoms with van der Waals surface area (Å²) in [7, 11) is 1.91. The smallest absolute Gasteiger partial charge is 0.180 e. The summed E-state index contributed by atoms with van der Waals surface area (Å²) in [6, 6.07) is 0. The Kier molecular flexibility index (Phi) is 4.14. The summed E-state index contributed by atoms with van der Waals surface area (Å²) >= 11 is 0. The third kappa shape index (κ3) is 2.98. The SMILES string of the molecule is Cn1cc(-c2cnc3c(NCCN4CCOCC4)nccn23)cn1. The van der Waals surface area contributed by atoms with Crippen molar-refractivity contribution in [2.24, 2.45) is 7.05 Å². The van der Waals surface area contributed by atoms with Crippen molar-refractivity contribution in [3.8, 4) is 11.3 Å². The number of imidazole rings is 1. The number of anilines is 1. The van der Waals surface area contributed by atoms with E-state index < -0.39 is 0 Å². The second-order valence-corrected chi connectivity index (χ2v) is 5.90. The molecule has 4 heterocycles. The molecule has 0 radical (unpaired) electrons. The first-order valence-corrected chi connectivity index (χ1v) is 8.16. The highest BCUT2D eigenvalue weighted by molar-refractivity contribution is 5.69. The predicted octanol–water partition coefficient (Wildman–Crippen LogP) is 0.874. The Bertz CT molecular complexity index is 819. The predicted molar refractivity (Wildman–Crippen MR) is 90.9 cm³/mol. The number of aromatic nitrogens is 5. The molecule has 1 N–H and O–H groups in total. The molecule has 0 saturated carbocycles. The number of morpholine rings is 1. The fraction of sp³-hybridized carbons (Fsp3) is 0.438. The summed E-state index contributed by atoms with van der Waals surface area (Å²) in [6.07, 6.45) is 9.41. The van der Waals surface area contributed by atoms with Crippen LogP contribution in [0.2, 0.25) is 0 Å². The molecule has 8 nitrogen and oxygen atoms in total. The van der Waals surface area contributed by atoms with Gasteiger partial charge in [0.1, 0.15) is 0 Å². The van der Waals surface area contributed by atoms with Crippen molar-refractivity contribution < 1.29 is 4.74 Å². The van der Waals surface area contributed by atoms with Gasteiger partial charge in [-0.05, 0) is 0 Å². The number of fused-ring (bicyclic) bond motifs is 1. The van der Waals surface area contributed by atoms with Crippen molar-refractivity contribution >= 4 is 11.5 Å². The van der Waals surface area contributed by atoms with E-state index in [9.17, 15) is 0 Å². The van der Waals surface area contributed by atoms with Gasteiger partial charge in [-0.3, -0.25) is 14.0 Å². The molecular formula is C16H21N7O. The van der Waals surface area contributed by atoms with E-state index in [1.165, 1.54) is 0 Å². The van der Waals surface area contributed by atoms with E-state index in [0.29, 0.717) is 0 Å². The minimum atomic E-state index is 0.806. The summed E-state index contributed by atoms with van der Waals surface area (Å²) in [5, 5.41) is 7.64. The average molecular weight is 327 g/mol. The van der Waals surface area contributed by atoms with Crippen LogP contribution in [0.4, 0.5) is 5.82 Å². The third-order valence-electron chi connectivity index (χ3n) is 4.25. The maximum Gasteiger partial charge on any atom is 0.180 e. The molecule has 0 spiro atoms. The highest BCUT2D eigenvalue weighted by atomic mass is 16.5. The van der Waals surface area contributed by atoms with Crippen LogP contribution >= 0.6 is 0 Å². The summed E-state index contributed by atoms with van der Waals surface area (Å²) in [5.41, 5.74) is 2.88. The Morgan fingerprint density at radius 2 is 2.08 bits per heavy atom. The van der Waals surface area contributed by atoms with Gasteiger partial charge < -0.3 is 10.1 Å². The highest BCUT2D eigenvalue weighted by Crippen LogP contribution is 2.22. The first-order valence-electron chi connectivity index (χ1n) is 8.16. The topological polar surface area (TPSA) is 72.5 Å². The molecule has 1 saturated heterocycles. The van der Waals surface area contributed by atoms with Gasteiger partial charge in [-0.15, -0.1) is 0 Å². The van der Waals surface area contributed by atoms with Gasteiger partial charge in [-0.1, -0.05) is 0 Å². The molecule has 0 atom stereocenters. The quantitative estimate of drug-likeness (QED) is 0.750. The molecule has 1 fully saturated rings. The Morgan fingerprint density at radius 3 is 2.88 bits per heavy atom. The third-order valence-corrected chi connectivity index (χ3v) is 4.25. The van der Waals surface area contributed by atoms with Crippen molar-refractivity contribution in [2.45, 2.75) is 0 Å². The Balaban J connectivity index is 1.50. The van der Waals surface area contributed by atoms with Crippen molar-refractivity contribution in [3.63, 3.8) is 0 Å². The maximum absolute atomic E-state index is 5.37. The fourth-order valence-corrected chi connectivity index (χ4v) is 2.97. The lowest BCUT2D eigenvalue weighted by atomic mass is 10.3. The Labute approximate surface area is 140 Å². The van der Waals surface area contributed by atoms with Gasteiger partial charge in [0.2, 0.25) is 0 Å². The first kappa shape index (κ1) is 15.1. The number of aryl methyl sites for hydroxylation is 1. The molecule has 1 aliphatic heterocycles. The molecule has 1 aliphatic rings. The van der Waals surface area contributed by atoms with E-state index in [1.807, 2.05) is 36.2 Å². The van der Waals surface area contributed by atoms with E-state index in [0.717, 1.165) is 62.1 Å². The molecule has 0 unspecified atom stereocenters. The molecule has 0 aliphatic carbocycles. The maximum atomic E-state index is 5.37. The summed E-state index contributed by atoms with van der Waals surface area (Å²) in [6.45, 7) is 5.44. The molecule has 8 heteroatoms. The number of nitrogens with zero attached hydrogens (tertiary/aromatic N) is 6. The van der Waals surface area contributed by atoms with E-state index in [1.54, 1.807) is 10.9 Å². The molecule has 4 rings (SSSR count). The van der Waals surface area contributed by atoms with E-state index in [4.69, 9.17) is 4.74 Å². The summed E-state index contributed by atoms with van der Waals surface area (Å²) in [4.78, 5) is 11.4. The lowest BCUT2D eigenvalue weighted by Crippen LogP contribution is -2.39. The molecule has 0 aromatic carbocycles. The Hall–Kier alpha value is -2.45. The number of hydrogen-bond donors (Lipinski definition) is 1. The number of hydrogen-bond acceptors (Lipinski definition) is 6. The van der Waals surface area contributed by atoms with Crippen molar-refractivity contribution in [3.05, 3.63) is 31.0 Å². The fourth-order valence-electron chi connectivity index (χ4n) is 2.97. The van der Waals surface area contributed by atoms with Gasteiger partial charge in [0.15, 0.2) is 11.5 Å². The monoisotopic (exact) mass is 327 g/mol. The van der Waals surface area contributed by atoms with Crippen LogP contribution < -0.4 is 5.32 Å². The zero-order valence-electron chi connectivity index (χ0n) is 13.7. The van der Waals surface area contributed by atoms with Crippen LogP contribution in [0.25, 0.3) is 16.9 Å². The average Bonchev–Trinajstić information content (AvgIpc) is 3.22. The lowest BCUT2D eigenvalue weighted by molar-refractivity contribution is 0.0398. The number of rotatable bonds is 5. The molecular weight excluding hydrogens is 306 g/mol. The second-order valence-electron chi connectivity index (χ2n) is 5.90. The van der Waals surface area contributed by atoms with Gasteiger partial charge in [0.25, 0.3) is 0 Å². The van der Waals surface area contributed by atoms with E-state index >= 15 is 0 Å². The number of ether oxygens (including phenoxy) is 1. The van der Waals surface area contributed by atoms with Crippen LogP contribution in [-0.2, 0) is 11.8 Å². The van der Waals surface area contributed by atoms with Gasteiger partial charge >= 0.3 is 0 Å². The van der Waals surface area contributed by atoms with Crippen LogP contribution in [-0.4, -0.2) is 68.4 Å². The second kappa shape index (κ2) is 6.58.